The largest absolute Gasteiger partial charge is 0.379 e. The molecular weight excluding hydrogens is 370 g/mol. The van der Waals surface area contributed by atoms with Crippen molar-refractivity contribution in [2.45, 2.75) is 50.0 Å². The van der Waals surface area contributed by atoms with E-state index in [1.54, 1.807) is 0 Å². The first-order chi connectivity index (χ1) is 12.9. The number of nitro groups is 1. The topological polar surface area (TPSA) is 102 Å². The van der Waals surface area contributed by atoms with Crippen LogP contribution in [0.25, 0.3) is 0 Å². The molecule has 1 N–H and O–H groups in total. The Balaban J connectivity index is 1.73. The first-order valence-electron chi connectivity index (χ1n) is 9.52. The molecule has 9 heteroatoms. The molecule has 0 unspecified atom stereocenters. The van der Waals surface area contributed by atoms with E-state index in [1.165, 1.54) is 22.5 Å². The van der Waals surface area contributed by atoms with Gasteiger partial charge >= 0.3 is 0 Å². The molecule has 1 aromatic carbocycles. The fourth-order valence-corrected chi connectivity index (χ4v) is 5.08. The van der Waals surface area contributed by atoms with Crippen molar-refractivity contribution in [3.63, 3.8) is 0 Å². The van der Waals surface area contributed by atoms with Gasteiger partial charge in [0.1, 0.15) is 5.69 Å². The fourth-order valence-electron chi connectivity index (χ4n) is 3.59. The van der Waals surface area contributed by atoms with Gasteiger partial charge in [-0.3, -0.25) is 10.1 Å². The molecule has 0 bridgehead atoms. The second-order valence-electron chi connectivity index (χ2n) is 7.37. The standard InChI is InChI=1S/C18H27N3O5S/c1-14-7-10-20(11-8-14)27(24,25)16-4-5-17(18(13-16)21(22)23)19-9-6-15-3-2-12-26-15/h4-5,13-15,19H,2-3,6-12H2,1H3/t15-/m1/s1. The summed E-state index contributed by atoms with van der Waals surface area (Å²) >= 11 is 0. The van der Waals surface area contributed by atoms with Gasteiger partial charge in [0.05, 0.1) is 15.9 Å². The lowest BCUT2D eigenvalue weighted by atomic mass is 10.0. The molecule has 2 saturated heterocycles. The molecular formula is C18H27N3O5S. The minimum absolute atomic E-state index is 0.0200. The number of hydrogen-bond donors (Lipinski definition) is 1. The highest BCUT2D eigenvalue weighted by molar-refractivity contribution is 7.89. The van der Waals surface area contributed by atoms with Crippen LogP contribution in [-0.2, 0) is 14.8 Å². The van der Waals surface area contributed by atoms with Crippen molar-refractivity contribution in [3.05, 3.63) is 28.3 Å². The van der Waals surface area contributed by atoms with E-state index in [0.29, 0.717) is 31.2 Å². The summed E-state index contributed by atoms with van der Waals surface area (Å²) in [5, 5.41) is 14.5. The summed E-state index contributed by atoms with van der Waals surface area (Å²) in [6, 6.07) is 4.11. The zero-order chi connectivity index (χ0) is 19.4. The van der Waals surface area contributed by atoms with Crippen LogP contribution >= 0.6 is 0 Å². The molecule has 0 aromatic heterocycles. The third-order valence-electron chi connectivity index (χ3n) is 5.35. The summed E-state index contributed by atoms with van der Waals surface area (Å²) in [4.78, 5) is 10.9. The number of rotatable bonds is 7. The lowest BCUT2D eigenvalue weighted by molar-refractivity contribution is -0.384. The molecule has 2 fully saturated rings. The molecule has 3 rings (SSSR count). The Morgan fingerprint density at radius 3 is 2.67 bits per heavy atom. The normalized spacial score (nSPS) is 22.0. The molecule has 1 aromatic rings. The van der Waals surface area contributed by atoms with Crippen LogP contribution in [0.4, 0.5) is 11.4 Å². The maximum atomic E-state index is 12.8. The molecule has 0 radical (unpaired) electrons. The minimum atomic E-state index is -3.71. The quantitative estimate of drug-likeness (QED) is 0.560. The van der Waals surface area contributed by atoms with Gasteiger partial charge in [-0.05, 0) is 50.2 Å². The van der Waals surface area contributed by atoms with E-state index in [2.05, 4.69) is 12.2 Å². The Morgan fingerprint density at radius 1 is 1.30 bits per heavy atom. The highest BCUT2D eigenvalue weighted by atomic mass is 32.2. The lowest BCUT2D eigenvalue weighted by Crippen LogP contribution is -2.37. The van der Waals surface area contributed by atoms with Crippen molar-refractivity contribution in [1.82, 2.24) is 4.31 Å². The van der Waals surface area contributed by atoms with Gasteiger partial charge in [0.15, 0.2) is 0 Å². The molecule has 150 valence electrons. The minimum Gasteiger partial charge on any atom is -0.379 e. The summed E-state index contributed by atoms with van der Waals surface area (Å²) in [5.74, 6) is 0.501. The number of sulfonamides is 1. The maximum Gasteiger partial charge on any atom is 0.293 e. The first-order valence-corrected chi connectivity index (χ1v) is 11.0. The van der Waals surface area contributed by atoms with Crippen molar-refractivity contribution in [2.75, 3.05) is 31.6 Å². The van der Waals surface area contributed by atoms with Gasteiger partial charge in [-0.15, -0.1) is 0 Å². The molecule has 27 heavy (non-hydrogen) atoms. The van der Waals surface area contributed by atoms with Gasteiger partial charge in [-0.2, -0.15) is 4.31 Å². The molecule has 2 aliphatic rings. The summed E-state index contributed by atoms with van der Waals surface area (Å²) in [7, 11) is -3.71. The van der Waals surface area contributed by atoms with Crippen LogP contribution in [0.5, 0.6) is 0 Å². The van der Waals surface area contributed by atoms with Gasteiger partial charge in [-0.1, -0.05) is 6.92 Å². The third kappa shape index (κ3) is 4.77. The molecule has 0 amide bonds. The number of nitrogens with zero attached hydrogens (tertiary/aromatic N) is 2. The fraction of sp³-hybridized carbons (Fsp3) is 0.667. The SMILES string of the molecule is CC1CCN(S(=O)(=O)c2ccc(NCC[C@H]3CCCO3)c([N+](=O)[O-])c2)CC1. The summed E-state index contributed by atoms with van der Waals surface area (Å²) in [6.45, 7) is 4.33. The van der Waals surface area contributed by atoms with Crippen LogP contribution in [0.1, 0.15) is 39.0 Å². The van der Waals surface area contributed by atoms with E-state index < -0.39 is 14.9 Å². The van der Waals surface area contributed by atoms with Gasteiger partial charge in [0, 0.05) is 32.3 Å². The average Bonchev–Trinajstić information content (AvgIpc) is 3.15. The molecule has 0 saturated carbocycles. The summed E-state index contributed by atoms with van der Waals surface area (Å²) < 4.78 is 32.6. The van der Waals surface area contributed by atoms with Gasteiger partial charge in [-0.25, -0.2) is 8.42 Å². The predicted molar refractivity (Wildman–Crippen MR) is 102 cm³/mol. The van der Waals surface area contributed by atoms with Crippen molar-refractivity contribution >= 4 is 21.4 Å². The number of piperidine rings is 1. The Kier molecular flexibility index (Phi) is 6.33. The lowest BCUT2D eigenvalue weighted by Gasteiger charge is -2.29. The van der Waals surface area contributed by atoms with Gasteiger partial charge < -0.3 is 10.1 Å². The van der Waals surface area contributed by atoms with Crippen molar-refractivity contribution in [3.8, 4) is 0 Å². The smallest absolute Gasteiger partial charge is 0.293 e. The van der Waals surface area contributed by atoms with Crippen LogP contribution in [0.15, 0.2) is 23.1 Å². The van der Waals surface area contributed by atoms with E-state index in [9.17, 15) is 18.5 Å². The Bertz CT molecular complexity index is 769. The van der Waals surface area contributed by atoms with E-state index in [1.807, 2.05) is 0 Å². The summed E-state index contributed by atoms with van der Waals surface area (Å²) in [6.07, 6.45) is 4.64. The number of nitrogens with one attached hydrogen (secondary N) is 1. The third-order valence-corrected chi connectivity index (χ3v) is 7.25. The number of anilines is 1. The van der Waals surface area contributed by atoms with E-state index >= 15 is 0 Å². The average molecular weight is 397 g/mol. The van der Waals surface area contributed by atoms with Crippen molar-refractivity contribution in [1.29, 1.82) is 0 Å². The van der Waals surface area contributed by atoms with Gasteiger partial charge in [0.25, 0.3) is 5.69 Å². The first kappa shape index (κ1) is 20.0. The maximum absolute atomic E-state index is 12.8. The van der Waals surface area contributed by atoms with E-state index in [-0.39, 0.29) is 16.7 Å². The molecule has 0 spiro atoms. The second kappa shape index (κ2) is 8.53. The predicted octanol–water partition coefficient (Wildman–Crippen LogP) is 3.00. The monoisotopic (exact) mass is 397 g/mol. The Morgan fingerprint density at radius 2 is 2.04 bits per heavy atom. The van der Waals surface area contributed by atoms with Crippen LogP contribution in [0.3, 0.4) is 0 Å². The number of benzene rings is 1. The van der Waals surface area contributed by atoms with Crippen molar-refractivity contribution < 1.29 is 18.1 Å². The molecule has 2 aliphatic heterocycles. The second-order valence-corrected chi connectivity index (χ2v) is 9.31. The highest BCUT2D eigenvalue weighted by Crippen LogP contribution is 2.30. The number of ether oxygens (including phenoxy) is 1. The van der Waals surface area contributed by atoms with Gasteiger partial charge in [0.2, 0.25) is 10.0 Å². The zero-order valence-corrected chi connectivity index (χ0v) is 16.4. The number of hydrogen-bond acceptors (Lipinski definition) is 6. The summed E-state index contributed by atoms with van der Waals surface area (Å²) in [5.41, 5.74) is 0.123. The number of nitro benzene ring substituents is 1. The highest BCUT2D eigenvalue weighted by Gasteiger charge is 2.30. The Labute approximate surface area is 160 Å². The van der Waals surface area contributed by atoms with Crippen LogP contribution < -0.4 is 5.32 Å². The van der Waals surface area contributed by atoms with Crippen molar-refractivity contribution in [2.24, 2.45) is 5.92 Å². The Hall–Kier alpha value is -1.71. The van der Waals surface area contributed by atoms with E-state index in [0.717, 1.165) is 38.7 Å². The molecule has 8 nitrogen and oxygen atoms in total. The van der Waals surface area contributed by atoms with Crippen LogP contribution in [0, 0.1) is 16.0 Å². The van der Waals surface area contributed by atoms with Crippen LogP contribution in [-0.4, -0.2) is 50.0 Å². The molecule has 0 aliphatic carbocycles. The zero-order valence-electron chi connectivity index (χ0n) is 15.6. The van der Waals surface area contributed by atoms with Crippen LogP contribution in [0.2, 0.25) is 0 Å². The molecule has 1 atom stereocenters. The van der Waals surface area contributed by atoms with E-state index in [4.69, 9.17) is 4.74 Å². The molecule has 2 heterocycles.